The molecular weight excluding hydrogens is 315 g/mol. The number of methoxy groups -OCH3 is 1. The van der Waals surface area contributed by atoms with Gasteiger partial charge < -0.3 is 10.1 Å². The Hall–Kier alpha value is -1.98. The van der Waals surface area contributed by atoms with E-state index in [1.54, 1.807) is 30.3 Å². The van der Waals surface area contributed by atoms with E-state index < -0.39 is 4.92 Å². The molecule has 0 bridgehead atoms. The number of anilines is 1. The fraction of sp³-hybridized carbons (Fsp3) is 0.143. The molecule has 0 aliphatic rings. The van der Waals surface area contributed by atoms with Crippen LogP contribution >= 0.6 is 23.2 Å². The molecule has 0 saturated heterocycles. The van der Waals surface area contributed by atoms with Crippen LogP contribution in [0.2, 0.25) is 10.0 Å². The molecule has 0 heterocycles. The Labute approximate surface area is 131 Å². The standard InChI is InChI=1S/C14H12Cl2N2O3/c1-21-11-3-5-13(14(7-11)18(19)20)17-8-9-6-10(15)2-4-12(9)16/h2-7,17H,8H2,1H3. The lowest BCUT2D eigenvalue weighted by Crippen LogP contribution is -2.03. The minimum absolute atomic E-state index is 0.0625. The Bertz CT molecular complexity index is 677. The summed E-state index contributed by atoms with van der Waals surface area (Å²) in [7, 11) is 1.46. The second-order valence-electron chi connectivity index (χ2n) is 4.23. The molecule has 0 amide bonds. The first-order chi connectivity index (χ1) is 10.0. The van der Waals surface area contributed by atoms with E-state index in [0.717, 1.165) is 5.56 Å². The second-order valence-corrected chi connectivity index (χ2v) is 5.07. The summed E-state index contributed by atoms with van der Waals surface area (Å²) in [5.41, 5.74) is 1.08. The van der Waals surface area contributed by atoms with Crippen molar-refractivity contribution < 1.29 is 9.66 Å². The lowest BCUT2D eigenvalue weighted by atomic mass is 10.2. The van der Waals surface area contributed by atoms with Crippen molar-refractivity contribution in [1.82, 2.24) is 0 Å². The van der Waals surface area contributed by atoms with Crippen molar-refractivity contribution in [2.75, 3.05) is 12.4 Å². The molecule has 0 aromatic heterocycles. The number of nitro benzene ring substituents is 1. The molecule has 2 aromatic rings. The maximum Gasteiger partial charge on any atom is 0.296 e. The van der Waals surface area contributed by atoms with Gasteiger partial charge in [0.2, 0.25) is 0 Å². The first-order valence-electron chi connectivity index (χ1n) is 6.01. The van der Waals surface area contributed by atoms with Gasteiger partial charge in [0, 0.05) is 16.6 Å². The number of halogens is 2. The van der Waals surface area contributed by atoms with Crippen molar-refractivity contribution >= 4 is 34.6 Å². The predicted octanol–water partition coefficient (Wildman–Crippen LogP) is 4.52. The molecule has 0 atom stereocenters. The zero-order valence-corrected chi connectivity index (χ0v) is 12.6. The topological polar surface area (TPSA) is 64.4 Å². The Kier molecular flexibility index (Phi) is 4.88. The van der Waals surface area contributed by atoms with Gasteiger partial charge >= 0.3 is 0 Å². The highest BCUT2D eigenvalue weighted by Gasteiger charge is 2.15. The highest BCUT2D eigenvalue weighted by molar-refractivity contribution is 6.33. The summed E-state index contributed by atoms with van der Waals surface area (Å²) in [4.78, 5) is 10.6. The number of hydrogen-bond donors (Lipinski definition) is 1. The van der Waals surface area contributed by atoms with E-state index in [2.05, 4.69) is 5.32 Å². The van der Waals surface area contributed by atoms with Crippen molar-refractivity contribution in [2.24, 2.45) is 0 Å². The number of nitrogens with zero attached hydrogens (tertiary/aromatic N) is 1. The van der Waals surface area contributed by atoms with E-state index in [-0.39, 0.29) is 5.69 Å². The summed E-state index contributed by atoms with van der Waals surface area (Å²) in [5.74, 6) is 0.424. The summed E-state index contributed by atoms with van der Waals surface area (Å²) in [6.07, 6.45) is 0. The van der Waals surface area contributed by atoms with Crippen LogP contribution in [0.4, 0.5) is 11.4 Å². The average molecular weight is 327 g/mol. The number of ether oxygens (including phenoxy) is 1. The normalized spacial score (nSPS) is 10.2. The smallest absolute Gasteiger partial charge is 0.296 e. The lowest BCUT2D eigenvalue weighted by molar-refractivity contribution is -0.384. The molecule has 0 aliphatic carbocycles. The molecular formula is C14H12Cl2N2O3. The maximum absolute atomic E-state index is 11.1. The Morgan fingerprint density at radius 2 is 2.00 bits per heavy atom. The third-order valence-corrected chi connectivity index (χ3v) is 3.48. The molecule has 5 nitrogen and oxygen atoms in total. The van der Waals surface area contributed by atoms with Crippen LogP contribution in [0.25, 0.3) is 0 Å². The summed E-state index contributed by atoms with van der Waals surface area (Å²) in [6, 6.07) is 9.69. The van der Waals surface area contributed by atoms with Crippen LogP contribution in [0.15, 0.2) is 36.4 Å². The molecule has 2 aromatic carbocycles. The van der Waals surface area contributed by atoms with Crippen molar-refractivity contribution in [3.8, 4) is 5.75 Å². The van der Waals surface area contributed by atoms with Gasteiger partial charge in [0.1, 0.15) is 11.4 Å². The zero-order chi connectivity index (χ0) is 15.4. The highest BCUT2D eigenvalue weighted by atomic mass is 35.5. The Morgan fingerprint density at radius 1 is 1.24 bits per heavy atom. The zero-order valence-electron chi connectivity index (χ0n) is 11.1. The van der Waals surface area contributed by atoms with E-state index in [0.29, 0.717) is 28.0 Å². The van der Waals surface area contributed by atoms with E-state index in [1.807, 2.05) is 0 Å². The van der Waals surface area contributed by atoms with E-state index >= 15 is 0 Å². The Balaban J connectivity index is 2.23. The molecule has 110 valence electrons. The molecule has 0 aliphatic heterocycles. The van der Waals surface area contributed by atoms with Crippen LogP contribution < -0.4 is 10.1 Å². The van der Waals surface area contributed by atoms with Gasteiger partial charge in [-0.25, -0.2) is 0 Å². The fourth-order valence-electron chi connectivity index (χ4n) is 1.81. The summed E-state index contributed by atoms with van der Waals surface area (Å²) in [6.45, 7) is 0.326. The molecule has 0 unspecified atom stereocenters. The minimum Gasteiger partial charge on any atom is -0.496 e. The maximum atomic E-state index is 11.1. The van der Waals surface area contributed by atoms with Gasteiger partial charge in [-0.05, 0) is 35.9 Å². The number of hydrogen-bond acceptors (Lipinski definition) is 4. The molecule has 1 N–H and O–H groups in total. The van der Waals surface area contributed by atoms with Crippen molar-refractivity contribution in [2.45, 2.75) is 6.54 Å². The lowest BCUT2D eigenvalue weighted by Gasteiger charge is -2.10. The monoisotopic (exact) mass is 326 g/mol. The molecule has 0 fully saturated rings. The van der Waals surface area contributed by atoms with Gasteiger partial charge in [-0.3, -0.25) is 10.1 Å². The third-order valence-electron chi connectivity index (χ3n) is 2.88. The van der Waals surface area contributed by atoms with E-state index in [4.69, 9.17) is 27.9 Å². The molecule has 0 radical (unpaired) electrons. The Morgan fingerprint density at radius 3 is 2.67 bits per heavy atom. The third kappa shape index (κ3) is 3.77. The quantitative estimate of drug-likeness (QED) is 0.648. The number of nitro groups is 1. The van der Waals surface area contributed by atoms with Gasteiger partial charge in [-0.2, -0.15) is 0 Å². The van der Waals surface area contributed by atoms with E-state index in [1.165, 1.54) is 13.2 Å². The van der Waals surface area contributed by atoms with Gasteiger partial charge in [-0.15, -0.1) is 0 Å². The first-order valence-corrected chi connectivity index (χ1v) is 6.77. The average Bonchev–Trinajstić information content (AvgIpc) is 2.48. The summed E-state index contributed by atoms with van der Waals surface area (Å²) in [5, 5.41) is 15.2. The van der Waals surface area contributed by atoms with Crippen LogP contribution in [-0.2, 0) is 6.54 Å². The van der Waals surface area contributed by atoms with Gasteiger partial charge in [0.05, 0.1) is 18.1 Å². The van der Waals surface area contributed by atoms with Gasteiger partial charge in [0.15, 0.2) is 0 Å². The second kappa shape index (κ2) is 6.65. The predicted molar refractivity (Wildman–Crippen MR) is 83.4 cm³/mol. The number of nitrogens with one attached hydrogen (secondary N) is 1. The van der Waals surface area contributed by atoms with Crippen LogP contribution in [-0.4, -0.2) is 12.0 Å². The molecule has 2 rings (SSSR count). The number of rotatable bonds is 5. The van der Waals surface area contributed by atoms with Crippen LogP contribution in [0.1, 0.15) is 5.56 Å². The first kappa shape index (κ1) is 15.4. The summed E-state index contributed by atoms with van der Waals surface area (Å²) >= 11 is 12.0. The van der Waals surface area contributed by atoms with Crippen LogP contribution in [0.3, 0.4) is 0 Å². The molecule has 21 heavy (non-hydrogen) atoms. The molecule has 0 spiro atoms. The van der Waals surface area contributed by atoms with Gasteiger partial charge in [0.25, 0.3) is 5.69 Å². The van der Waals surface area contributed by atoms with E-state index in [9.17, 15) is 10.1 Å². The highest BCUT2D eigenvalue weighted by Crippen LogP contribution is 2.30. The van der Waals surface area contributed by atoms with Crippen molar-refractivity contribution in [1.29, 1.82) is 0 Å². The minimum atomic E-state index is -0.468. The van der Waals surface area contributed by atoms with Crippen LogP contribution in [0.5, 0.6) is 5.75 Å². The largest absolute Gasteiger partial charge is 0.496 e. The van der Waals surface area contributed by atoms with Gasteiger partial charge in [-0.1, -0.05) is 23.2 Å². The SMILES string of the molecule is COc1ccc(NCc2cc(Cl)ccc2Cl)c([N+](=O)[O-])c1. The summed E-state index contributed by atoms with van der Waals surface area (Å²) < 4.78 is 4.99. The van der Waals surface area contributed by atoms with Crippen molar-refractivity contribution in [3.63, 3.8) is 0 Å². The van der Waals surface area contributed by atoms with Crippen LogP contribution in [0, 0.1) is 10.1 Å². The number of benzene rings is 2. The molecule has 0 saturated carbocycles. The van der Waals surface area contributed by atoms with Crippen molar-refractivity contribution in [3.05, 3.63) is 62.1 Å². The molecule has 7 heteroatoms. The fourth-order valence-corrected chi connectivity index (χ4v) is 2.19.